The highest BCUT2D eigenvalue weighted by Crippen LogP contribution is 2.18. The van der Waals surface area contributed by atoms with Crippen LogP contribution in [0.5, 0.6) is 0 Å². The average molecular weight is 247 g/mol. The standard InChI is InChI=1S/C13H17N3O2/c14-12(17)5-7-15-13(18)16-8-6-10-3-1-2-4-11(10)9-16/h1-4H,5-9H2,(H2,14,17)(H,15,18). The number of nitrogens with zero attached hydrogens (tertiary/aromatic N) is 1. The van der Waals surface area contributed by atoms with Gasteiger partial charge in [-0.05, 0) is 17.5 Å². The maximum Gasteiger partial charge on any atom is 0.317 e. The van der Waals surface area contributed by atoms with Crippen LogP contribution in [0.1, 0.15) is 17.5 Å². The smallest absolute Gasteiger partial charge is 0.317 e. The molecule has 0 aliphatic carbocycles. The molecule has 0 bridgehead atoms. The molecule has 0 saturated carbocycles. The number of urea groups is 1. The summed E-state index contributed by atoms with van der Waals surface area (Å²) < 4.78 is 0. The number of nitrogens with one attached hydrogen (secondary N) is 1. The van der Waals surface area contributed by atoms with Crippen LogP contribution in [0.15, 0.2) is 24.3 Å². The molecule has 96 valence electrons. The van der Waals surface area contributed by atoms with Gasteiger partial charge in [-0.25, -0.2) is 4.79 Å². The summed E-state index contributed by atoms with van der Waals surface area (Å²) in [5.41, 5.74) is 7.51. The first-order valence-electron chi connectivity index (χ1n) is 6.04. The Morgan fingerprint density at radius 1 is 1.28 bits per heavy atom. The second-order valence-corrected chi connectivity index (χ2v) is 4.39. The van der Waals surface area contributed by atoms with Crippen molar-refractivity contribution in [3.63, 3.8) is 0 Å². The fourth-order valence-electron chi connectivity index (χ4n) is 2.07. The van der Waals surface area contributed by atoms with E-state index < -0.39 is 5.91 Å². The second kappa shape index (κ2) is 5.53. The van der Waals surface area contributed by atoms with Crippen LogP contribution in [-0.4, -0.2) is 29.9 Å². The molecule has 5 nitrogen and oxygen atoms in total. The molecule has 1 heterocycles. The average Bonchev–Trinajstić information content (AvgIpc) is 2.37. The van der Waals surface area contributed by atoms with Crippen molar-refractivity contribution in [1.29, 1.82) is 0 Å². The molecule has 1 aliphatic rings. The summed E-state index contributed by atoms with van der Waals surface area (Å²) in [6.45, 7) is 1.63. The lowest BCUT2D eigenvalue weighted by atomic mass is 10.0. The lowest BCUT2D eigenvalue weighted by Crippen LogP contribution is -2.43. The molecule has 0 spiro atoms. The summed E-state index contributed by atoms with van der Waals surface area (Å²) in [6, 6.07) is 8.00. The van der Waals surface area contributed by atoms with E-state index in [4.69, 9.17) is 5.73 Å². The van der Waals surface area contributed by atoms with E-state index in [2.05, 4.69) is 11.4 Å². The van der Waals surface area contributed by atoms with E-state index >= 15 is 0 Å². The predicted molar refractivity (Wildman–Crippen MR) is 67.8 cm³/mol. The Morgan fingerprint density at radius 3 is 2.72 bits per heavy atom. The number of amides is 3. The van der Waals surface area contributed by atoms with E-state index in [0.717, 1.165) is 6.42 Å². The van der Waals surface area contributed by atoms with Crippen LogP contribution >= 0.6 is 0 Å². The van der Waals surface area contributed by atoms with E-state index in [1.807, 2.05) is 18.2 Å². The van der Waals surface area contributed by atoms with Crippen LogP contribution in [-0.2, 0) is 17.8 Å². The van der Waals surface area contributed by atoms with Gasteiger partial charge in [0, 0.05) is 26.1 Å². The van der Waals surface area contributed by atoms with E-state index in [0.29, 0.717) is 19.6 Å². The van der Waals surface area contributed by atoms with Crippen LogP contribution in [0.4, 0.5) is 4.79 Å². The maximum absolute atomic E-state index is 11.9. The summed E-state index contributed by atoms with van der Waals surface area (Å²) in [4.78, 5) is 24.2. The molecule has 0 radical (unpaired) electrons. The van der Waals surface area contributed by atoms with E-state index in [9.17, 15) is 9.59 Å². The molecule has 0 saturated heterocycles. The van der Waals surface area contributed by atoms with E-state index in [1.165, 1.54) is 11.1 Å². The predicted octanol–water partition coefficient (Wildman–Crippen LogP) is 0.630. The highest BCUT2D eigenvalue weighted by atomic mass is 16.2. The van der Waals surface area contributed by atoms with Crippen molar-refractivity contribution < 1.29 is 9.59 Å². The maximum atomic E-state index is 11.9. The minimum Gasteiger partial charge on any atom is -0.370 e. The number of carbonyl (C=O) groups excluding carboxylic acids is 2. The first kappa shape index (κ1) is 12.4. The molecule has 2 rings (SSSR count). The highest BCUT2D eigenvalue weighted by Gasteiger charge is 2.19. The Labute approximate surface area is 106 Å². The Kier molecular flexibility index (Phi) is 3.82. The van der Waals surface area contributed by atoms with E-state index in [1.54, 1.807) is 4.90 Å². The molecule has 0 aromatic heterocycles. The topological polar surface area (TPSA) is 75.4 Å². The van der Waals surface area contributed by atoms with Crippen molar-refractivity contribution in [3.8, 4) is 0 Å². The van der Waals surface area contributed by atoms with Crippen molar-refractivity contribution >= 4 is 11.9 Å². The van der Waals surface area contributed by atoms with Gasteiger partial charge in [-0.2, -0.15) is 0 Å². The van der Waals surface area contributed by atoms with Gasteiger partial charge in [-0.3, -0.25) is 4.79 Å². The van der Waals surface area contributed by atoms with Crippen LogP contribution in [0.2, 0.25) is 0 Å². The number of nitrogens with two attached hydrogens (primary N) is 1. The number of primary amides is 1. The van der Waals surface area contributed by atoms with Crippen molar-refractivity contribution in [2.24, 2.45) is 5.73 Å². The fraction of sp³-hybridized carbons (Fsp3) is 0.385. The molecule has 3 N–H and O–H groups in total. The van der Waals surface area contributed by atoms with Gasteiger partial charge < -0.3 is 16.0 Å². The number of fused-ring (bicyclic) bond motifs is 1. The zero-order chi connectivity index (χ0) is 13.0. The Hall–Kier alpha value is -2.04. The molecule has 18 heavy (non-hydrogen) atoms. The van der Waals surface area contributed by atoms with Crippen molar-refractivity contribution in [3.05, 3.63) is 35.4 Å². The first-order valence-corrected chi connectivity index (χ1v) is 6.04. The largest absolute Gasteiger partial charge is 0.370 e. The van der Waals surface area contributed by atoms with Gasteiger partial charge in [-0.1, -0.05) is 24.3 Å². The molecule has 5 heteroatoms. The van der Waals surface area contributed by atoms with E-state index in [-0.39, 0.29) is 12.5 Å². The van der Waals surface area contributed by atoms with Gasteiger partial charge in [0.05, 0.1) is 0 Å². The Balaban J connectivity index is 1.88. The number of rotatable bonds is 3. The van der Waals surface area contributed by atoms with Gasteiger partial charge >= 0.3 is 6.03 Å². The molecule has 1 aliphatic heterocycles. The summed E-state index contributed by atoms with van der Waals surface area (Å²) in [7, 11) is 0. The number of carbonyl (C=O) groups is 2. The van der Waals surface area contributed by atoms with Gasteiger partial charge in [0.15, 0.2) is 0 Å². The zero-order valence-electron chi connectivity index (χ0n) is 10.2. The van der Waals surface area contributed by atoms with Crippen LogP contribution < -0.4 is 11.1 Å². The lowest BCUT2D eigenvalue weighted by molar-refractivity contribution is -0.117. The summed E-state index contributed by atoms with van der Waals surface area (Å²) in [6.07, 6.45) is 1.05. The monoisotopic (exact) mass is 247 g/mol. The number of hydrogen-bond acceptors (Lipinski definition) is 2. The van der Waals surface area contributed by atoms with Crippen molar-refractivity contribution in [2.75, 3.05) is 13.1 Å². The van der Waals surface area contributed by atoms with Gasteiger partial charge in [0.25, 0.3) is 0 Å². The molecular formula is C13H17N3O2. The number of benzene rings is 1. The summed E-state index contributed by atoms with van der Waals surface area (Å²) in [5, 5.41) is 2.70. The molecule has 0 unspecified atom stereocenters. The lowest BCUT2D eigenvalue weighted by Gasteiger charge is -2.28. The molecule has 1 aromatic rings. The molecule has 0 fully saturated rings. The minimum atomic E-state index is -0.403. The Morgan fingerprint density at radius 2 is 2.00 bits per heavy atom. The fourth-order valence-corrected chi connectivity index (χ4v) is 2.07. The zero-order valence-corrected chi connectivity index (χ0v) is 10.2. The third kappa shape index (κ3) is 3.00. The second-order valence-electron chi connectivity index (χ2n) is 4.39. The third-order valence-electron chi connectivity index (χ3n) is 3.07. The van der Waals surface area contributed by atoms with Crippen molar-refractivity contribution in [1.82, 2.24) is 10.2 Å². The van der Waals surface area contributed by atoms with Crippen LogP contribution in [0, 0.1) is 0 Å². The SMILES string of the molecule is NC(=O)CCNC(=O)N1CCc2ccccc2C1. The van der Waals surface area contributed by atoms with Gasteiger partial charge in [-0.15, -0.1) is 0 Å². The normalized spacial score (nSPS) is 13.9. The van der Waals surface area contributed by atoms with Crippen LogP contribution in [0.25, 0.3) is 0 Å². The number of hydrogen-bond donors (Lipinski definition) is 2. The molecule has 1 aromatic carbocycles. The summed E-state index contributed by atoms with van der Waals surface area (Å²) in [5.74, 6) is -0.403. The van der Waals surface area contributed by atoms with Crippen LogP contribution in [0.3, 0.4) is 0 Å². The quantitative estimate of drug-likeness (QED) is 0.822. The van der Waals surface area contributed by atoms with Gasteiger partial charge in [0.2, 0.25) is 5.91 Å². The highest BCUT2D eigenvalue weighted by molar-refractivity contribution is 5.77. The van der Waals surface area contributed by atoms with Gasteiger partial charge in [0.1, 0.15) is 0 Å². The summed E-state index contributed by atoms with van der Waals surface area (Å²) >= 11 is 0. The first-order chi connectivity index (χ1) is 8.66. The molecule has 3 amide bonds. The van der Waals surface area contributed by atoms with Crippen molar-refractivity contribution in [2.45, 2.75) is 19.4 Å². The third-order valence-corrected chi connectivity index (χ3v) is 3.07. The Bertz CT molecular complexity index is 459. The minimum absolute atomic E-state index is 0.134. The molecular weight excluding hydrogens is 230 g/mol. The molecule has 0 atom stereocenters.